The summed E-state index contributed by atoms with van der Waals surface area (Å²) in [6.45, 7) is 5.92. The summed E-state index contributed by atoms with van der Waals surface area (Å²) in [6, 6.07) is 8.45. The Morgan fingerprint density at radius 3 is 2.47 bits per heavy atom. The molecular formula is C14H17N. The van der Waals surface area contributed by atoms with Crippen LogP contribution in [0.3, 0.4) is 0 Å². The van der Waals surface area contributed by atoms with Crippen molar-refractivity contribution in [3.8, 4) is 0 Å². The fourth-order valence-corrected chi connectivity index (χ4v) is 1.27. The molecule has 0 aliphatic heterocycles. The molecule has 0 amide bonds. The summed E-state index contributed by atoms with van der Waals surface area (Å²) in [5.74, 6) is 0. The molecule has 0 unspecified atom stereocenters. The average Bonchev–Trinajstić information content (AvgIpc) is 2.25. The Labute approximate surface area is 91.6 Å². The maximum absolute atomic E-state index is 5.22. The summed E-state index contributed by atoms with van der Waals surface area (Å²) in [4.78, 5) is 0. The molecule has 0 aromatic heterocycles. The SMILES string of the molecule is C=C(C)c1ccc(C/C=C\C=C/N)cc1. The van der Waals surface area contributed by atoms with E-state index in [1.807, 2.05) is 19.1 Å². The van der Waals surface area contributed by atoms with Crippen LogP contribution in [0.15, 0.2) is 55.3 Å². The minimum atomic E-state index is 0.931. The van der Waals surface area contributed by atoms with E-state index < -0.39 is 0 Å². The molecule has 0 saturated carbocycles. The van der Waals surface area contributed by atoms with Gasteiger partial charge in [-0.25, -0.2) is 0 Å². The molecule has 0 aliphatic rings. The Hall–Kier alpha value is -1.76. The molecule has 1 aromatic rings. The third kappa shape index (κ3) is 3.86. The molecule has 78 valence electrons. The second kappa shape index (κ2) is 5.86. The van der Waals surface area contributed by atoms with E-state index in [2.05, 4.69) is 36.9 Å². The topological polar surface area (TPSA) is 26.0 Å². The van der Waals surface area contributed by atoms with Gasteiger partial charge in [-0.1, -0.05) is 48.6 Å². The maximum Gasteiger partial charge on any atom is -0.00625 e. The lowest BCUT2D eigenvalue weighted by molar-refractivity contribution is 1.26. The van der Waals surface area contributed by atoms with Gasteiger partial charge in [-0.15, -0.1) is 0 Å². The Morgan fingerprint density at radius 1 is 1.27 bits per heavy atom. The van der Waals surface area contributed by atoms with Crippen LogP contribution in [0.1, 0.15) is 18.1 Å². The van der Waals surface area contributed by atoms with E-state index in [0.29, 0.717) is 0 Å². The number of benzene rings is 1. The third-order valence-electron chi connectivity index (χ3n) is 2.16. The van der Waals surface area contributed by atoms with Crippen LogP contribution in [-0.2, 0) is 6.42 Å². The van der Waals surface area contributed by atoms with Crippen molar-refractivity contribution in [1.82, 2.24) is 0 Å². The average molecular weight is 199 g/mol. The third-order valence-corrected chi connectivity index (χ3v) is 2.16. The van der Waals surface area contributed by atoms with Gasteiger partial charge in [0.25, 0.3) is 0 Å². The molecule has 0 atom stereocenters. The van der Waals surface area contributed by atoms with Crippen LogP contribution in [0.4, 0.5) is 0 Å². The van der Waals surface area contributed by atoms with Crippen molar-refractivity contribution >= 4 is 5.57 Å². The van der Waals surface area contributed by atoms with E-state index in [1.165, 1.54) is 17.3 Å². The Kier molecular flexibility index (Phi) is 4.42. The van der Waals surface area contributed by atoms with E-state index in [9.17, 15) is 0 Å². The summed E-state index contributed by atoms with van der Waals surface area (Å²) in [6.07, 6.45) is 8.32. The summed E-state index contributed by atoms with van der Waals surface area (Å²) < 4.78 is 0. The highest BCUT2D eigenvalue weighted by Crippen LogP contribution is 2.12. The van der Waals surface area contributed by atoms with E-state index in [1.54, 1.807) is 0 Å². The summed E-state index contributed by atoms with van der Waals surface area (Å²) in [7, 11) is 0. The molecule has 0 radical (unpaired) electrons. The van der Waals surface area contributed by atoms with Crippen molar-refractivity contribution in [2.24, 2.45) is 5.73 Å². The predicted molar refractivity (Wildman–Crippen MR) is 67.3 cm³/mol. The van der Waals surface area contributed by atoms with Gasteiger partial charge in [-0.2, -0.15) is 0 Å². The van der Waals surface area contributed by atoms with Crippen LogP contribution < -0.4 is 5.73 Å². The Morgan fingerprint density at radius 2 is 1.93 bits per heavy atom. The molecule has 1 nitrogen and oxygen atoms in total. The van der Waals surface area contributed by atoms with Gasteiger partial charge in [0, 0.05) is 0 Å². The lowest BCUT2D eigenvalue weighted by Gasteiger charge is -2.00. The van der Waals surface area contributed by atoms with Gasteiger partial charge in [-0.05, 0) is 36.7 Å². The first-order valence-corrected chi connectivity index (χ1v) is 5.02. The smallest absolute Gasteiger partial charge is 0.00625 e. The molecule has 15 heavy (non-hydrogen) atoms. The second-order valence-corrected chi connectivity index (χ2v) is 3.49. The van der Waals surface area contributed by atoms with E-state index in [4.69, 9.17) is 5.73 Å². The van der Waals surface area contributed by atoms with Crippen LogP contribution in [-0.4, -0.2) is 0 Å². The van der Waals surface area contributed by atoms with Gasteiger partial charge < -0.3 is 5.73 Å². The lowest BCUT2D eigenvalue weighted by atomic mass is 10.1. The fraction of sp³-hybridized carbons (Fsp3) is 0.143. The Balaban J connectivity index is 2.61. The molecule has 0 spiro atoms. The first-order valence-electron chi connectivity index (χ1n) is 5.02. The minimum absolute atomic E-state index is 0.931. The molecule has 0 aliphatic carbocycles. The molecule has 1 heteroatoms. The zero-order valence-electron chi connectivity index (χ0n) is 9.11. The molecule has 0 bridgehead atoms. The largest absolute Gasteiger partial charge is 0.405 e. The standard InChI is InChI=1S/C14H17N/c1-12(2)14-9-7-13(8-10-14)6-4-3-5-11-15/h3-5,7-11H,1,6,15H2,2H3/b4-3-,11-5-. The summed E-state index contributed by atoms with van der Waals surface area (Å²) in [5, 5.41) is 0. The molecule has 1 aromatic carbocycles. The summed E-state index contributed by atoms with van der Waals surface area (Å²) >= 11 is 0. The highest BCUT2D eigenvalue weighted by Gasteiger charge is 1.92. The van der Waals surface area contributed by atoms with Crippen LogP contribution in [0.5, 0.6) is 0 Å². The predicted octanol–water partition coefficient (Wildman–Crippen LogP) is 3.29. The zero-order chi connectivity index (χ0) is 11.1. The number of hydrogen-bond acceptors (Lipinski definition) is 1. The quantitative estimate of drug-likeness (QED) is 0.740. The number of rotatable bonds is 4. The normalized spacial score (nSPS) is 11.3. The second-order valence-electron chi connectivity index (χ2n) is 3.49. The molecule has 0 fully saturated rings. The van der Waals surface area contributed by atoms with Gasteiger partial charge in [-0.3, -0.25) is 0 Å². The lowest BCUT2D eigenvalue weighted by Crippen LogP contribution is -1.83. The van der Waals surface area contributed by atoms with Gasteiger partial charge in [0.15, 0.2) is 0 Å². The molecule has 2 N–H and O–H groups in total. The minimum Gasteiger partial charge on any atom is -0.405 e. The van der Waals surface area contributed by atoms with Crippen molar-refractivity contribution in [3.05, 3.63) is 66.4 Å². The van der Waals surface area contributed by atoms with Crippen molar-refractivity contribution in [1.29, 1.82) is 0 Å². The van der Waals surface area contributed by atoms with Crippen LogP contribution in [0, 0.1) is 0 Å². The van der Waals surface area contributed by atoms with E-state index in [-0.39, 0.29) is 0 Å². The highest BCUT2D eigenvalue weighted by molar-refractivity contribution is 5.61. The number of hydrogen-bond donors (Lipinski definition) is 1. The summed E-state index contributed by atoms with van der Waals surface area (Å²) in [5.41, 5.74) is 8.81. The van der Waals surface area contributed by atoms with Crippen LogP contribution in [0.2, 0.25) is 0 Å². The molecule has 1 rings (SSSR count). The number of allylic oxidation sites excluding steroid dienone is 4. The van der Waals surface area contributed by atoms with Crippen molar-refractivity contribution < 1.29 is 0 Å². The molecule has 0 saturated heterocycles. The maximum atomic E-state index is 5.22. The van der Waals surface area contributed by atoms with E-state index in [0.717, 1.165) is 12.0 Å². The van der Waals surface area contributed by atoms with Crippen LogP contribution >= 0.6 is 0 Å². The fourth-order valence-electron chi connectivity index (χ4n) is 1.27. The van der Waals surface area contributed by atoms with Gasteiger partial charge in [0.05, 0.1) is 0 Å². The first-order chi connectivity index (χ1) is 7.24. The van der Waals surface area contributed by atoms with Crippen molar-refractivity contribution in [2.45, 2.75) is 13.3 Å². The molecule has 0 heterocycles. The van der Waals surface area contributed by atoms with Gasteiger partial charge in [0.2, 0.25) is 0 Å². The molecular weight excluding hydrogens is 182 g/mol. The van der Waals surface area contributed by atoms with E-state index >= 15 is 0 Å². The Bertz CT molecular complexity index is 369. The first kappa shape index (κ1) is 11.3. The van der Waals surface area contributed by atoms with Gasteiger partial charge >= 0.3 is 0 Å². The van der Waals surface area contributed by atoms with Crippen molar-refractivity contribution in [2.75, 3.05) is 0 Å². The number of nitrogens with two attached hydrogens (primary N) is 1. The van der Waals surface area contributed by atoms with Gasteiger partial charge in [0.1, 0.15) is 0 Å². The van der Waals surface area contributed by atoms with Crippen molar-refractivity contribution in [3.63, 3.8) is 0 Å². The zero-order valence-corrected chi connectivity index (χ0v) is 9.11. The monoisotopic (exact) mass is 199 g/mol. The van der Waals surface area contributed by atoms with Crippen LogP contribution in [0.25, 0.3) is 5.57 Å². The highest BCUT2D eigenvalue weighted by atomic mass is 14.5.